The molecule has 2 aromatic rings. The Labute approximate surface area is 133 Å². The average molecular weight is 346 g/mol. The van der Waals surface area contributed by atoms with Gasteiger partial charge in [-0.25, -0.2) is 18.1 Å². The highest BCUT2D eigenvalue weighted by atomic mass is 32.2. The van der Waals surface area contributed by atoms with E-state index in [4.69, 9.17) is 4.74 Å². The molecule has 21 heavy (non-hydrogen) atoms. The Bertz CT molecular complexity index is 676. The summed E-state index contributed by atoms with van der Waals surface area (Å²) >= 11 is 2.84. The molecule has 2 rings (SSSR count). The first-order valence-corrected chi connectivity index (χ1v) is 9.73. The molecule has 1 N–H and O–H groups in total. The molecular formula is C13H18N2O3S3. The summed E-state index contributed by atoms with van der Waals surface area (Å²) in [5.41, 5.74) is 0.884. The molecule has 0 atom stereocenters. The molecule has 2 heterocycles. The summed E-state index contributed by atoms with van der Waals surface area (Å²) in [7, 11) is -1.78. The van der Waals surface area contributed by atoms with Crippen LogP contribution in [-0.2, 0) is 34.2 Å². The summed E-state index contributed by atoms with van der Waals surface area (Å²) in [5.74, 6) is 0. The second-order valence-electron chi connectivity index (χ2n) is 4.39. The molecule has 0 aromatic carbocycles. The Morgan fingerprint density at radius 3 is 2.86 bits per heavy atom. The standard InChI is InChI=1S/C13H18N2O3S3/c1-3-11-4-5-13(20-11)21(16,17)14-7-6-10-9-19-12(15-10)8-18-2/h4-5,9,14H,3,6-8H2,1-2H3. The minimum Gasteiger partial charge on any atom is -0.378 e. The van der Waals surface area contributed by atoms with Gasteiger partial charge in [0.15, 0.2) is 0 Å². The minimum atomic E-state index is -3.40. The molecule has 0 saturated heterocycles. The summed E-state index contributed by atoms with van der Waals surface area (Å²) in [6.45, 7) is 2.85. The van der Waals surface area contributed by atoms with Gasteiger partial charge < -0.3 is 4.74 Å². The van der Waals surface area contributed by atoms with Crippen LogP contribution < -0.4 is 4.72 Å². The highest BCUT2D eigenvalue weighted by Crippen LogP contribution is 2.21. The van der Waals surface area contributed by atoms with Crippen molar-refractivity contribution < 1.29 is 13.2 Å². The van der Waals surface area contributed by atoms with E-state index < -0.39 is 10.0 Å². The van der Waals surface area contributed by atoms with Gasteiger partial charge in [0.25, 0.3) is 0 Å². The lowest BCUT2D eigenvalue weighted by Crippen LogP contribution is -2.25. The second-order valence-corrected chi connectivity index (χ2v) is 8.49. The summed E-state index contributed by atoms with van der Waals surface area (Å²) < 4.78 is 32.2. The van der Waals surface area contributed by atoms with Crippen LogP contribution in [0, 0.1) is 0 Å². The first kappa shape index (κ1) is 16.6. The normalized spacial score (nSPS) is 11.9. The van der Waals surface area contributed by atoms with Crippen LogP contribution >= 0.6 is 22.7 Å². The Kier molecular flexibility index (Phi) is 5.88. The molecule has 0 bridgehead atoms. The maximum atomic E-state index is 12.1. The third-order valence-electron chi connectivity index (χ3n) is 2.79. The molecule has 0 aliphatic carbocycles. The monoisotopic (exact) mass is 346 g/mol. The van der Waals surface area contributed by atoms with E-state index in [0.29, 0.717) is 23.8 Å². The number of hydrogen-bond acceptors (Lipinski definition) is 6. The van der Waals surface area contributed by atoms with E-state index in [1.54, 1.807) is 13.2 Å². The van der Waals surface area contributed by atoms with Gasteiger partial charge in [0.1, 0.15) is 9.22 Å². The maximum Gasteiger partial charge on any atom is 0.250 e. The number of rotatable bonds is 8. The fourth-order valence-electron chi connectivity index (χ4n) is 1.73. The van der Waals surface area contributed by atoms with E-state index in [0.717, 1.165) is 22.0 Å². The van der Waals surface area contributed by atoms with Gasteiger partial charge in [-0.15, -0.1) is 22.7 Å². The topological polar surface area (TPSA) is 68.3 Å². The zero-order valence-electron chi connectivity index (χ0n) is 12.0. The predicted molar refractivity (Wildman–Crippen MR) is 85.4 cm³/mol. The van der Waals surface area contributed by atoms with Crippen LogP contribution in [0.1, 0.15) is 22.5 Å². The molecule has 2 aromatic heterocycles. The van der Waals surface area contributed by atoms with E-state index in [9.17, 15) is 8.42 Å². The molecule has 0 amide bonds. The highest BCUT2D eigenvalue weighted by Gasteiger charge is 2.16. The largest absolute Gasteiger partial charge is 0.378 e. The average Bonchev–Trinajstić information content (AvgIpc) is 3.08. The molecule has 116 valence electrons. The smallest absolute Gasteiger partial charge is 0.250 e. The number of ether oxygens (including phenoxy) is 1. The van der Waals surface area contributed by atoms with Crippen molar-refractivity contribution >= 4 is 32.7 Å². The molecule has 0 saturated carbocycles. The van der Waals surface area contributed by atoms with E-state index in [-0.39, 0.29) is 0 Å². The fraction of sp³-hybridized carbons (Fsp3) is 0.462. The van der Waals surface area contributed by atoms with E-state index in [1.807, 2.05) is 18.4 Å². The van der Waals surface area contributed by atoms with Crippen molar-refractivity contribution in [1.82, 2.24) is 9.71 Å². The van der Waals surface area contributed by atoms with Crippen LogP contribution in [0.5, 0.6) is 0 Å². The van der Waals surface area contributed by atoms with Gasteiger partial charge in [-0.2, -0.15) is 0 Å². The van der Waals surface area contributed by atoms with Crippen LogP contribution in [-0.4, -0.2) is 27.1 Å². The number of methoxy groups -OCH3 is 1. The first-order valence-electron chi connectivity index (χ1n) is 6.55. The molecule has 0 aliphatic heterocycles. The molecule has 8 heteroatoms. The number of hydrogen-bond donors (Lipinski definition) is 1. The Morgan fingerprint density at radius 2 is 2.19 bits per heavy atom. The van der Waals surface area contributed by atoms with Crippen LogP contribution in [0.25, 0.3) is 0 Å². The van der Waals surface area contributed by atoms with Gasteiger partial charge in [-0.3, -0.25) is 0 Å². The number of aryl methyl sites for hydroxylation is 1. The summed E-state index contributed by atoms with van der Waals surface area (Å²) in [5, 5.41) is 2.84. The molecule has 0 aliphatic rings. The lowest BCUT2D eigenvalue weighted by atomic mass is 10.3. The second kappa shape index (κ2) is 7.46. The summed E-state index contributed by atoms with van der Waals surface area (Å²) in [6, 6.07) is 3.52. The number of thiophene rings is 1. The van der Waals surface area contributed by atoms with Gasteiger partial charge in [-0.1, -0.05) is 6.92 Å². The van der Waals surface area contributed by atoms with Crippen molar-refractivity contribution in [3.63, 3.8) is 0 Å². The number of nitrogens with one attached hydrogen (secondary N) is 1. The van der Waals surface area contributed by atoms with Gasteiger partial charge in [0.05, 0.1) is 12.3 Å². The van der Waals surface area contributed by atoms with Crippen molar-refractivity contribution in [2.24, 2.45) is 0 Å². The third kappa shape index (κ3) is 4.58. The number of nitrogens with zero attached hydrogens (tertiary/aromatic N) is 1. The van der Waals surface area contributed by atoms with E-state index >= 15 is 0 Å². The zero-order chi connectivity index (χ0) is 15.3. The van der Waals surface area contributed by atoms with Crippen LogP contribution in [0.3, 0.4) is 0 Å². The van der Waals surface area contributed by atoms with Crippen molar-refractivity contribution in [3.05, 3.63) is 33.1 Å². The Hall–Kier alpha value is -0.800. The van der Waals surface area contributed by atoms with Gasteiger partial charge >= 0.3 is 0 Å². The van der Waals surface area contributed by atoms with E-state index in [1.165, 1.54) is 22.7 Å². The van der Waals surface area contributed by atoms with Gasteiger partial charge in [0, 0.05) is 30.3 Å². The maximum absolute atomic E-state index is 12.1. The number of thiazole rings is 1. The van der Waals surface area contributed by atoms with Crippen molar-refractivity contribution in [3.8, 4) is 0 Å². The fourth-order valence-corrected chi connectivity index (χ4v) is 4.90. The van der Waals surface area contributed by atoms with E-state index in [2.05, 4.69) is 9.71 Å². The molecule has 5 nitrogen and oxygen atoms in total. The van der Waals surface area contributed by atoms with Crippen molar-refractivity contribution in [2.45, 2.75) is 30.6 Å². The first-order chi connectivity index (χ1) is 10.0. The van der Waals surface area contributed by atoms with Crippen molar-refractivity contribution in [1.29, 1.82) is 0 Å². The minimum absolute atomic E-state index is 0.345. The SMILES string of the molecule is CCc1ccc(S(=O)(=O)NCCc2csc(COC)n2)s1. The molecule has 0 unspecified atom stereocenters. The number of sulfonamides is 1. The lowest BCUT2D eigenvalue weighted by molar-refractivity contribution is 0.184. The highest BCUT2D eigenvalue weighted by molar-refractivity contribution is 7.91. The summed E-state index contributed by atoms with van der Waals surface area (Å²) in [6.07, 6.45) is 1.42. The molecular weight excluding hydrogens is 328 g/mol. The Morgan fingerprint density at radius 1 is 1.38 bits per heavy atom. The van der Waals surface area contributed by atoms with Gasteiger partial charge in [0.2, 0.25) is 10.0 Å². The van der Waals surface area contributed by atoms with Crippen molar-refractivity contribution in [2.75, 3.05) is 13.7 Å². The van der Waals surface area contributed by atoms with Crippen LogP contribution in [0.4, 0.5) is 0 Å². The van der Waals surface area contributed by atoms with Crippen LogP contribution in [0.15, 0.2) is 21.7 Å². The molecule has 0 fully saturated rings. The lowest BCUT2D eigenvalue weighted by Gasteiger charge is -2.03. The number of aromatic nitrogens is 1. The third-order valence-corrected chi connectivity index (χ3v) is 6.84. The zero-order valence-corrected chi connectivity index (χ0v) is 14.4. The molecule has 0 spiro atoms. The van der Waals surface area contributed by atoms with Gasteiger partial charge in [-0.05, 0) is 18.6 Å². The predicted octanol–water partition coefficient (Wildman–Crippen LogP) is 2.43. The quantitative estimate of drug-likeness (QED) is 0.797. The Balaban J connectivity index is 1.89. The molecule has 0 radical (unpaired) electrons. The summed E-state index contributed by atoms with van der Waals surface area (Å²) in [4.78, 5) is 5.44. The van der Waals surface area contributed by atoms with Crippen LogP contribution in [0.2, 0.25) is 0 Å².